The molecule has 0 aliphatic carbocycles. The van der Waals surface area contributed by atoms with E-state index in [1.807, 2.05) is 6.92 Å². The molecule has 0 bridgehead atoms. The SMILES string of the molecule is COC(=O)CC(C)c1ccc(O)cc1O. The summed E-state index contributed by atoms with van der Waals surface area (Å²) in [6.07, 6.45) is 0.203. The fraction of sp³-hybridized carbons (Fsp3) is 0.364. The molecule has 0 radical (unpaired) electrons. The number of carbonyl (C=O) groups excluding carboxylic acids is 1. The van der Waals surface area contributed by atoms with Gasteiger partial charge in [-0.15, -0.1) is 0 Å². The fourth-order valence-electron chi connectivity index (χ4n) is 1.39. The van der Waals surface area contributed by atoms with Gasteiger partial charge in [0, 0.05) is 6.07 Å². The van der Waals surface area contributed by atoms with E-state index in [0.29, 0.717) is 5.56 Å². The summed E-state index contributed by atoms with van der Waals surface area (Å²) in [5, 5.41) is 18.6. The maximum Gasteiger partial charge on any atom is 0.306 e. The summed E-state index contributed by atoms with van der Waals surface area (Å²) < 4.78 is 4.54. The first kappa shape index (κ1) is 11.4. The summed E-state index contributed by atoms with van der Waals surface area (Å²) in [5.41, 5.74) is 0.623. The van der Waals surface area contributed by atoms with Crippen molar-refractivity contribution in [2.75, 3.05) is 7.11 Å². The Morgan fingerprint density at radius 2 is 2.13 bits per heavy atom. The molecular formula is C11H14O4. The van der Waals surface area contributed by atoms with E-state index >= 15 is 0 Å². The zero-order valence-corrected chi connectivity index (χ0v) is 8.73. The van der Waals surface area contributed by atoms with E-state index in [1.165, 1.54) is 19.2 Å². The van der Waals surface area contributed by atoms with Crippen LogP contribution in [-0.2, 0) is 9.53 Å². The van der Waals surface area contributed by atoms with Crippen molar-refractivity contribution >= 4 is 5.97 Å². The number of phenols is 2. The molecule has 0 fully saturated rings. The van der Waals surface area contributed by atoms with Crippen LogP contribution in [0.4, 0.5) is 0 Å². The van der Waals surface area contributed by atoms with Crippen molar-refractivity contribution in [2.24, 2.45) is 0 Å². The smallest absolute Gasteiger partial charge is 0.306 e. The van der Waals surface area contributed by atoms with Gasteiger partial charge in [0.1, 0.15) is 11.5 Å². The van der Waals surface area contributed by atoms with Crippen molar-refractivity contribution in [2.45, 2.75) is 19.3 Å². The van der Waals surface area contributed by atoms with Crippen molar-refractivity contribution in [3.8, 4) is 11.5 Å². The van der Waals surface area contributed by atoms with Gasteiger partial charge in [0.15, 0.2) is 0 Å². The summed E-state index contributed by atoms with van der Waals surface area (Å²) >= 11 is 0. The lowest BCUT2D eigenvalue weighted by atomic mass is 9.97. The first-order valence-corrected chi connectivity index (χ1v) is 4.63. The standard InChI is InChI=1S/C11H14O4/c1-7(5-11(14)15-2)9-4-3-8(12)6-10(9)13/h3-4,6-7,12-13H,5H2,1-2H3. The van der Waals surface area contributed by atoms with Gasteiger partial charge in [0.05, 0.1) is 13.5 Å². The van der Waals surface area contributed by atoms with Crippen molar-refractivity contribution in [3.63, 3.8) is 0 Å². The predicted octanol–water partition coefficient (Wildman–Crippen LogP) is 1.76. The third-order valence-corrected chi connectivity index (χ3v) is 2.25. The Morgan fingerprint density at radius 3 is 2.67 bits per heavy atom. The number of hydrogen-bond donors (Lipinski definition) is 2. The molecule has 0 aromatic heterocycles. The molecule has 0 amide bonds. The maximum atomic E-state index is 11.0. The summed E-state index contributed by atoms with van der Waals surface area (Å²) in [6.45, 7) is 1.81. The van der Waals surface area contributed by atoms with Gasteiger partial charge >= 0.3 is 5.97 Å². The van der Waals surface area contributed by atoms with Gasteiger partial charge in [-0.25, -0.2) is 0 Å². The molecule has 4 heteroatoms. The molecular weight excluding hydrogens is 196 g/mol. The van der Waals surface area contributed by atoms with Crippen LogP contribution in [0.15, 0.2) is 18.2 Å². The predicted molar refractivity (Wildman–Crippen MR) is 54.8 cm³/mol. The van der Waals surface area contributed by atoms with Crippen LogP contribution in [0.1, 0.15) is 24.8 Å². The summed E-state index contributed by atoms with van der Waals surface area (Å²) in [4.78, 5) is 11.0. The third kappa shape index (κ3) is 2.87. The molecule has 82 valence electrons. The Balaban J connectivity index is 2.82. The van der Waals surface area contributed by atoms with E-state index in [2.05, 4.69) is 4.74 Å². The van der Waals surface area contributed by atoms with Crippen molar-refractivity contribution < 1.29 is 19.7 Å². The van der Waals surface area contributed by atoms with Crippen LogP contribution in [0.25, 0.3) is 0 Å². The lowest BCUT2D eigenvalue weighted by molar-refractivity contribution is -0.140. The van der Waals surface area contributed by atoms with Crippen LogP contribution in [-0.4, -0.2) is 23.3 Å². The van der Waals surface area contributed by atoms with E-state index in [0.717, 1.165) is 0 Å². The minimum atomic E-state index is -0.324. The number of phenolic OH excluding ortho intramolecular Hbond substituents is 2. The molecule has 1 unspecified atom stereocenters. The largest absolute Gasteiger partial charge is 0.508 e. The third-order valence-electron chi connectivity index (χ3n) is 2.25. The Kier molecular flexibility index (Phi) is 3.55. The van der Waals surface area contributed by atoms with E-state index in [9.17, 15) is 9.90 Å². The van der Waals surface area contributed by atoms with Gasteiger partial charge < -0.3 is 14.9 Å². The van der Waals surface area contributed by atoms with Crippen molar-refractivity contribution in [1.82, 2.24) is 0 Å². The molecule has 4 nitrogen and oxygen atoms in total. The fourth-order valence-corrected chi connectivity index (χ4v) is 1.39. The summed E-state index contributed by atoms with van der Waals surface area (Å²) in [5.74, 6) is -0.471. The second-order valence-electron chi connectivity index (χ2n) is 3.42. The molecule has 0 saturated heterocycles. The molecule has 1 aromatic rings. The Hall–Kier alpha value is -1.71. The Bertz CT molecular complexity index is 360. The van der Waals surface area contributed by atoms with Gasteiger partial charge in [-0.05, 0) is 17.5 Å². The van der Waals surface area contributed by atoms with Crippen molar-refractivity contribution in [1.29, 1.82) is 0 Å². The van der Waals surface area contributed by atoms with Crippen LogP contribution in [0.2, 0.25) is 0 Å². The Labute approximate surface area is 88.1 Å². The highest BCUT2D eigenvalue weighted by Crippen LogP contribution is 2.30. The van der Waals surface area contributed by atoms with Gasteiger partial charge in [0.25, 0.3) is 0 Å². The highest BCUT2D eigenvalue weighted by Gasteiger charge is 2.14. The molecule has 0 spiro atoms. The topological polar surface area (TPSA) is 66.8 Å². The molecule has 1 aromatic carbocycles. The van der Waals surface area contributed by atoms with Crippen LogP contribution in [0, 0.1) is 0 Å². The summed E-state index contributed by atoms with van der Waals surface area (Å²) in [6, 6.07) is 4.32. The lowest BCUT2D eigenvalue weighted by Crippen LogP contribution is -2.06. The van der Waals surface area contributed by atoms with Crippen molar-refractivity contribution in [3.05, 3.63) is 23.8 Å². The molecule has 1 rings (SSSR count). The quantitative estimate of drug-likeness (QED) is 0.746. The van der Waals surface area contributed by atoms with Gasteiger partial charge in [-0.3, -0.25) is 4.79 Å². The average molecular weight is 210 g/mol. The number of carbonyl (C=O) groups is 1. The number of ether oxygens (including phenoxy) is 1. The number of esters is 1. The molecule has 0 aliphatic rings. The minimum absolute atomic E-state index is 0.00141. The zero-order valence-electron chi connectivity index (χ0n) is 8.73. The van der Waals surface area contributed by atoms with Gasteiger partial charge in [0.2, 0.25) is 0 Å². The second kappa shape index (κ2) is 4.68. The van der Waals surface area contributed by atoms with Gasteiger partial charge in [-0.1, -0.05) is 13.0 Å². The first-order chi connectivity index (χ1) is 7.04. The maximum absolute atomic E-state index is 11.0. The van der Waals surface area contributed by atoms with Crippen LogP contribution < -0.4 is 0 Å². The molecule has 15 heavy (non-hydrogen) atoms. The zero-order chi connectivity index (χ0) is 11.4. The van der Waals surface area contributed by atoms with Gasteiger partial charge in [-0.2, -0.15) is 0 Å². The normalized spacial score (nSPS) is 12.1. The van der Waals surface area contributed by atoms with Crippen LogP contribution >= 0.6 is 0 Å². The molecule has 0 aliphatic heterocycles. The highest BCUT2D eigenvalue weighted by molar-refractivity contribution is 5.70. The molecule has 0 saturated carbocycles. The van der Waals surface area contributed by atoms with E-state index in [1.54, 1.807) is 6.07 Å². The number of hydrogen-bond acceptors (Lipinski definition) is 4. The lowest BCUT2D eigenvalue weighted by Gasteiger charge is -2.12. The number of methoxy groups -OCH3 is 1. The molecule has 0 heterocycles. The van der Waals surface area contributed by atoms with Crippen LogP contribution in [0.5, 0.6) is 11.5 Å². The highest BCUT2D eigenvalue weighted by atomic mass is 16.5. The Morgan fingerprint density at radius 1 is 1.47 bits per heavy atom. The molecule has 2 N–H and O–H groups in total. The average Bonchev–Trinajstić information content (AvgIpc) is 2.17. The van der Waals surface area contributed by atoms with E-state index in [4.69, 9.17) is 5.11 Å². The number of rotatable bonds is 3. The first-order valence-electron chi connectivity index (χ1n) is 4.63. The second-order valence-corrected chi connectivity index (χ2v) is 3.42. The number of benzene rings is 1. The van der Waals surface area contributed by atoms with Crippen LogP contribution in [0.3, 0.4) is 0 Å². The number of aromatic hydroxyl groups is 2. The summed E-state index contributed by atoms with van der Waals surface area (Å²) in [7, 11) is 1.33. The molecule has 1 atom stereocenters. The van der Waals surface area contributed by atoms with E-state index < -0.39 is 0 Å². The monoisotopic (exact) mass is 210 g/mol. The minimum Gasteiger partial charge on any atom is -0.508 e. The van der Waals surface area contributed by atoms with E-state index in [-0.39, 0.29) is 29.8 Å².